The molecular formula is C7H13NO2. The van der Waals surface area contributed by atoms with Crippen LogP contribution in [0.1, 0.15) is 13.3 Å². The molecule has 1 aliphatic rings. The highest BCUT2D eigenvalue weighted by Crippen LogP contribution is 2.09. The predicted octanol–water partition coefficient (Wildman–Crippen LogP) is 0.459. The monoisotopic (exact) mass is 143 g/mol. The molecule has 0 radical (unpaired) electrons. The van der Waals surface area contributed by atoms with Crippen molar-refractivity contribution in [3.05, 3.63) is 0 Å². The van der Waals surface area contributed by atoms with E-state index in [1.807, 2.05) is 6.92 Å². The maximum absolute atomic E-state index is 11.2. The smallest absolute Gasteiger partial charge is 0.227 e. The molecule has 0 N–H and O–H groups in total. The van der Waals surface area contributed by atoms with E-state index in [4.69, 9.17) is 4.74 Å². The van der Waals surface area contributed by atoms with Crippen molar-refractivity contribution in [3.8, 4) is 0 Å². The molecule has 1 aliphatic heterocycles. The molecule has 1 heterocycles. The maximum Gasteiger partial charge on any atom is 0.227 e. The van der Waals surface area contributed by atoms with Crippen LogP contribution in [0.15, 0.2) is 0 Å². The van der Waals surface area contributed by atoms with Crippen molar-refractivity contribution in [2.45, 2.75) is 13.3 Å². The molecule has 1 amide bonds. The van der Waals surface area contributed by atoms with Gasteiger partial charge in [0.15, 0.2) is 0 Å². The first kappa shape index (κ1) is 7.54. The Bertz CT molecular complexity index is 122. The van der Waals surface area contributed by atoms with E-state index in [0.717, 1.165) is 6.42 Å². The van der Waals surface area contributed by atoms with Crippen LogP contribution < -0.4 is 0 Å². The van der Waals surface area contributed by atoms with Gasteiger partial charge in [-0.25, -0.2) is 0 Å². The van der Waals surface area contributed by atoms with Crippen molar-refractivity contribution >= 4 is 5.91 Å². The first-order chi connectivity index (χ1) is 4.72. The molecule has 0 aliphatic carbocycles. The second-order valence-corrected chi connectivity index (χ2v) is 2.76. The van der Waals surface area contributed by atoms with Gasteiger partial charge in [-0.05, 0) is 6.42 Å². The second kappa shape index (κ2) is 3.01. The number of ether oxygens (including phenoxy) is 1. The van der Waals surface area contributed by atoms with Gasteiger partial charge < -0.3 is 9.64 Å². The molecule has 0 spiro atoms. The molecule has 1 rings (SSSR count). The fourth-order valence-electron chi connectivity index (χ4n) is 1.02. The highest BCUT2D eigenvalue weighted by molar-refractivity contribution is 5.78. The van der Waals surface area contributed by atoms with Crippen LogP contribution in [0, 0.1) is 5.92 Å². The van der Waals surface area contributed by atoms with Gasteiger partial charge in [0.2, 0.25) is 5.91 Å². The van der Waals surface area contributed by atoms with Crippen LogP contribution >= 0.6 is 0 Å². The average Bonchev–Trinajstić information content (AvgIpc) is 2.04. The molecule has 0 saturated carbocycles. The summed E-state index contributed by atoms with van der Waals surface area (Å²) in [5.74, 6) is 0.324. The summed E-state index contributed by atoms with van der Waals surface area (Å²) in [5, 5.41) is 0. The molecule has 10 heavy (non-hydrogen) atoms. The van der Waals surface area contributed by atoms with Crippen molar-refractivity contribution in [2.75, 3.05) is 20.4 Å². The lowest BCUT2D eigenvalue weighted by Gasteiger charge is -2.14. The van der Waals surface area contributed by atoms with Crippen molar-refractivity contribution in [3.63, 3.8) is 0 Å². The minimum Gasteiger partial charge on any atom is -0.361 e. The van der Waals surface area contributed by atoms with Crippen molar-refractivity contribution in [2.24, 2.45) is 5.92 Å². The highest BCUT2D eigenvalue weighted by atomic mass is 16.5. The number of carbonyl (C=O) groups excluding carboxylic acids is 1. The number of amides is 1. The number of carbonyl (C=O) groups is 1. The van der Waals surface area contributed by atoms with E-state index in [1.165, 1.54) is 0 Å². The Morgan fingerprint density at radius 3 is 3.10 bits per heavy atom. The number of rotatable bonds is 0. The van der Waals surface area contributed by atoms with Crippen molar-refractivity contribution in [1.29, 1.82) is 0 Å². The quantitative estimate of drug-likeness (QED) is 0.493. The molecule has 1 saturated heterocycles. The molecule has 1 atom stereocenters. The lowest BCUT2D eigenvalue weighted by Crippen LogP contribution is -2.30. The molecule has 1 fully saturated rings. The third kappa shape index (κ3) is 1.48. The summed E-state index contributed by atoms with van der Waals surface area (Å²) >= 11 is 0. The zero-order valence-corrected chi connectivity index (χ0v) is 6.46. The molecule has 3 heteroatoms. The average molecular weight is 143 g/mol. The van der Waals surface area contributed by atoms with Crippen LogP contribution in [-0.4, -0.2) is 31.2 Å². The molecule has 0 unspecified atom stereocenters. The Morgan fingerprint density at radius 1 is 1.70 bits per heavy atom. The largest absolute Gasteiger partial charge is 0.361 e. The van der Waals surface area contributed by atoms with Gasteiger partial charge in [-0.1, -0.05) is 6.92 Å². The summed E-state index contributed by atoms with van der Waals surface area (Å²) in [6.07, 6.45) is 0.850. The van der Waals surface area contributed by atoms with E-state index in [2.05, 4.69) is 0 Å². The standard InChI is InChI=1S/C7H13NO2/c1-6-3-4-10-5-8(2)7(6)9/h6H,3-5H2,1-2H3/t6-/m0/s1. The van der Waals surface area contributed by atoms with Crippen LogP contribution in [0.25, 0.3) is 0 Å². The van der Waals surface area contributed by atoms with Gasteiger partial charge in [-0.2, -0.15) is 0 Å². The van der Waals surface area contributed by atoms with E-state index < -0.39 is 0 Å². The SMILES string of the molecule is C[C@H]1CCOCN(C)C1=O. The predicted molar refractivity (Wildman–Crippen MR) is 37.4 cm³/mol. The molecule has 3 nitrogen and oxygen atoms in total. The lowest BCUT2D eigenvalue weighted by atomic mass is 10.1. The normalized spacial score (nSPS) is 28.4. The van der Waals surface area contributed by atoms with Gasteiger partial charge in [0, 0.05) is 19.6 Å². The summed E-state index contributed by atoms with van der Waals surface area (Å²) in [7, 11) is 1.77. The van der Waals surface area contributed by atoms with Crippen molar-refractivity contribution < 1.29 is 9.53 Å². The first-order valence-corrected chi connectivity index (χ1v) is 3.54. The van der Waals surface area contributed by atoms with Gasteiger partial charge in [0.05, 0.1) is 0 Å². The summed E-state index contributed by atoms with van der Waals surface area (Å²) in [6.45, 7) is 3.09. The maximum atomic E-state index is 11.2. The van der Waals surface area contributed by atoms with Gasteiger partial charge in [-0.15, -0.1) is 0 Å². The zero-order chi connectivity index (χ0) is 7.56. The van der Waals surface area contributed by atoms with Gasteiger partial charge >= 0.3 is 0 Å². The van der Waals surface area contributed by atoms with Gasteiger partial charge in [0.1, 0.15) is 6.73 Å². The minimum atomic E-state index is 0.132. The van der Waals surface area contributed by atoms with Crippen LogP contribution in [0.2, 0.25) is 0 Å². The summed E-state index contributed by atoms with van der Waals surface area (Å²) in [6, 6.07) is 0. The molecule has 0 aromatic heterocycles. The summed E-state index contributed by atoms with van der Waals surface area (Å²) in [5.41, 5.74) is 0. The molecular weight excluding hydrogens is 130 g/mol. The Kier molecular flexibility index (Phi) is 2.27. The summed E-state index contributed by atoms with van der Waals surface area (Å²) < 4.78 is 5.15. The van der Waals surface area contributed by atoms with Crippen molar-refractivity contribution in [1.82, 2.24) is 4.90 Å². The van der Waals surface area contributed by atoms with Crippen LogP contribution in [-0.2, 0) is 9.53 Å². The number of nitrogens with zero attached hydrogens (tertiary/aromatic N) is 1. The van der Waals surface area contributed by atoms with E-state index >= 15 is 0 Å². The van der Waals surface area contributed by atoms with E-state index in [1.54, 1.807) is 11.9 Å². The Labute approximate surface area is 61.0 Å². The fraction of sp³-hybridized carbons (Fsp3) is 0.857. The Hall–Kier alpha value is -0.570. The summed E-state index contributed by atoms with van der Waals surface area (Å²) in [4.78, 5) is 12.8. The highest BCUT2D eigenvalue weighted by Gasteiger charge is 2.19. The third-order valence-corrected chi connectivity index (χ3v) is 1.78. The lowest BCUT2D eigenvalue weighted by molar-refractivity contribution is -0.135. The van der Waals surface area contributed by atoms with Crippen LogP contribution in [0.5, 0.6) is 0 Å². The van der Waals surface area contributed by atoms with Gasteiger partial charge in [-0.3, -0.25) is 4.79 Å². The number of hydrogen-bond donors (Lipinski definition) is 0. The third-order valence-electron chi connectivity index (χ3n) is 1.78. The molecule has 0 aromatic carbocycles. The topological polar surface area (TPSA) is 29.5 Å². The Morgan fingerprint density at radius 2 is 2.40 bits per heavy atom. The molecule has 0 aromatic rings. The van der Waals surface area contributed by atoms with E-state index in [0.29, 0.717) is 13.3 Å². The van der Waals surface area contributed by atoms with E-state index in [-0.39, 0.29) is 11.8 Å². The zero-order valence-electron chi connectivity index (χ0n) is 6.46. The van der Waals surface area contributed by atoms with Crippen LogP contribution in [0.3, 0.4) is 0 Å². The fourth-order valence-corrected chi connectivity index (χ4v) is 1.02. The van der Waals surface area contributed by atoms with Gasteiger partial charge in [0.25, 0.3) is 0 Å². The Balaban J connectivity index is 2.55. The van der Waals surface area contributed by atoms with E-state index in [9.17, 15) is 4.79 Å². The van der Waals surface area contributed by atoms with Crippen LogP contribution in [0.4, 0.5) is 0 Å². The molecule has 0 bridgehead atoms. The minimum absolute atomic E-state index is 0.132. The first-order valence-electron chi connectivity index (χ1n) is 3.54. The second-order valence-electron chi connectivity index (χ2n) is 2.76. The molecule has 58 valence electrons. The number of hydrogen-bond acceptors (Lipinski definition) is 2.